The molecular formula is C18H25N5O. The maximum atomic E-state index is 5.70. The van der Waals surface area contributed by atoms with Crippen LogP contribution in [-0.4, -0.2) is 59.1 Å². The summed E-state index contributed by atoms with van der Waals surface area (Å²) in [6.45, 7) is 5.66. The maximum absolute atomic E-state index is 5.70. The zero-order valence-corrected chi connectivity index (χ0v) is 14.3. The molecule has 0 saturated carbocycles. The van der Waals surface area contributed by atoms with Gasteiger partial charge in [-0.2, -0.15) is 5.10 Å². The van der Waals surface area contributed by atoms with E-state index in [1.807, 2.05) is 11.7 Å². The summed E-state index contributed by atoms with van der Waals surface area (Å²) in [4.78, 5) is 9.46. The number of rotatable bonds is 4. The van der Waals surface area contributed by atoms with Gasteiger partial charge in [-0.25, -0.2) is 4.98 Å². The van der Waals surface area contributed by atoms with Crippen molar-refractivity contribution < 1.29 is 4.74 Å². The van der Waals surface area contributed by atoms with Crippen molar-refractivity contribution in [3.8, 4) is 0 Å². The molecule has 0 radical (unpaired) electrons. The van der Waals surface area contributed by atoms with Crippen molar-refractivity contribution in [2.75, 3.05) is 44.3 Å². The van der Waals surface area contributed by atoms with Crippen molar-refractivity contribution >= 4 is 5.69 Å². The predicted molar refractivity (Wildman–Crippen MR) is 93.1 cm³/mol. The highest BCUT2D eigenvalue weighted by molar-refractivity contribution is 5.55. The van der Waals surface area contributed by atoms with E-state index in [4.69, 9.17) is 4.74 Å². The third kappa shape index (κ3) is 3.03. The Kier molecular flexibility index (Phi) is 4.49. The van der Waals surface area contributed by atoms with E-state index in [-0.39, 0.29) is 6.04 Å². The van der Waals surface area contributed by atoms with E-state index in [1.165, 1.54) is 24.1 Å². The van der Waals surface area contributed by atoms with Crippen LogP contribution in [0, 0.1) is 0 Å². The van der Waals surface area contributed by atoms with Crippen LogP contribution in [0.25, 0.3) is 0 Å². The van der Waals surface area contributed by atoms with E-state index in [2.05, 4.69) is 44.1 Å². The number of ether oxygens (including phenoxy) is 1. The van der Waals surface area contributed by atoms with Crippen LogP contribution in [0.2, 0.25) is 0 Å². The molecule has 1 fully saturated rings. The van der Waals surface area contributed by atoms with Gasteiger partial charge >= 0.3 is 0 Å². The van der Waals surface area contributed by atoms with Gasteiger partial charge < -0.3 is 9.64 Å². The average molecular weight is 327 g/mol. The maximum Gasteiger partial charge on any atom is 0.146 e. The Bertz CT molecular complexity index is 686. The minimum Gasteiger partial charge on any atom is -0.378 e. The van der Waals surface area contributed by atoms with Crippen molar-refractivity contribution in [2.45, 2.75) is 18.9 Å². The molecule has 0 amide bonds. The molecule has 1 saturated heterocycles. The van der Waals surface area contributed by atoms with Crippen LogP contribution in [0.15, 0.2) is 30.6 Å². The first kappa shape index (κ1) is 15.6. The Balaban J connectivity index is 1.46. The molecule has 2 aliphatic rings. The van der Waals surface area contributed by atoms with Crippen LogP contribution >= 0.6 is 0 Å². The predicted octanol–water partition coefficient (Wildman–Crippen LogP) is 1.64. The van der Waals surface area contributed by atoms with Gasteiger partial charge in [0.15, 0.2) is 0 Å². The number of benzene rings is 1. The second kappa shape index (κ2) is 6.91. The molecule has 128 valence electrons. The fourth-order valence-electron chi connectivity index (χ4n) is 3.84. The summed E-state index contributed by atoms with van der Waals surface area (Å²) in [6, 6.07) is 9.01. The van der Waals surface area contributed by atoms with E-state index >= 15 is 0 Å². The van der Waals surface area contributed by atoms with Gasteiger partial charge in [-0.05, 0) is 24.5 Å². The minimum absolute atomic E-state index is 0.200. The van der Waals surface area contributed by atoms with E-state index in [9.17, 15) is 0 Å². The largest absolute Gasteiger partial charge is 0.378 e. The van der Waals surface area contributed by atoms with Gasteiger partial charge in [-0.1, -0.05) is 18.2 Å². The Morgan fingerprint density at radius 2 is 2.12 bits per heavy atom. The number of hydrogen-bond acceptors (Lipinski definition) is 5. The summed E-state index contributed by atoms with van der Waals surface area (Å²) >= 11 is 0. The van der Waals surface area contributed by atoms with E-state index in [0.29, 0.717) is 6.61 Å². The van der Waals surface area contributed by atoms with Crippen molar-refractivity contribution in [1.82, 2.24) is 19.7 Å². The van der Waals surface area contributed by atoms with Gasteiger partial charge in [-0.15, -0.1) is 0 Å². The number of nitrogens with zero attached hydrogens (tertiary/aromatic N) is 5. The van der Waals surface area contributed by atoms with Crippen molar-refractivity contribution in [3.05, 3.63) is 42.0 Å². The summed E-state index contributed by atoms with van der Waals surface area (Å²) in [5, 5.41) is 4.22. The van der Waals surface area contributed by atoms with Gasteiger partial charge in [0.05, 0.1) is 19.3 Å². The van der Waals surface area contributed by atoms with Crippen molar-refractivity contribution in [1.29, 1.82) is 0 Å². The number of aryl methyl sites for hydroxylation is 2. The van der Waals surface area contributed by atoms with Crippen LogP contribution < -0.4 is 4.90 Å². The van der Waals surface area contributed by atoms with Gasteiger partial charge in [0.1, 0.15) is 12.2 Å². The van der Waals surface area contributed by atoms with E-state index in [1.54, 1.807) is 6.33 Å². The molecule has 4 rings (SSSR count). The third-order valence-corrected chi connectivity index (χ3v) is 5.15. The Labute approximate surface area is 143 Å². The third-order valence-electron chi connectivity index (χ3n) is 5.15. The topological polar surface area (TPSA) is 46.4 Å². The smallest absolute Gasteiger partial charge is 0.146 e. The molecule has 1 unspecified atom stereocenters. The normalized spacial score (nSPS) is 21.7. The first-order valence-corrected chi connectivity index (χ1v) is 8.81. The number of para-hydroxylation sites is 1. The Morgan fingerprint density at radius 3 is 3.00 bits per heavy atom. The van der Waals surface area contributed by atoms with Crippen molar-refractivity contribution in [2.24, 2.45) is 7.05 Å². The second-order valence-electron chi connectivity index (χ2n) is 6.59. The monoisotopic (exact) mass is 327 g/mol. The molecule has 24 heavy (non-hydrogen) atoms. The van der Waals surface area contributed by atoms with E-state index < -0.39 is 0 Å². The molecule has 0 spiro atoms. The molecule has 2 aromatic rings. The highest BCUT2D eigenvalue weighted by Crippen LogP contribution is 2.27. The lowest BCUT2D eigenvalue weighted by Gasteiger charge is -2.38. The molecule has 3 heterocycles. The average Bonchev–Trinajstić information content (AvgIpc) is 3.06. The standard InChI is InChI=1S/C18H25N5O/c1-21-18(19-14-20-21)17-13-24-12-11-23(17)10-9-22-8-4-6-15-5-2-3-7-16(15)22/h2-3,5,7,14,17H,4,6,8-13H2,1H3. The van der Waals surface area contributed by atoms with Crippen LogP contribution in [0.1, 0.15) is 23.9 Å². The molecule has 2 aliphatic heterocycles. The second-order valence-corrected chi connectivity index (χ2v) is 6.59. The summed E-state index contributed by atoms with van der Waals surface area (Å²) in [5.41, 5.74) is 2.89. The van der Waals surface area contributed by atoms with Crippen LogP contribution in [0.5, 0.6) is 0 Å². The number of aromatic nitrogens is 3. The molecule has 0 bridgehead atoms. The molecule has 0 aliphatic carbocycles. The molecular weight excluding hydrogens is 302 g/mol. The molecule has 1 aromatic heterocycles. The highest BCUT2D eigenvalue weighted by Gasteiger charge is 2.28. The summed E-state index contributed by atoms with van der Waals surface area (Å²) in [5.74, 6) is 0.994. The highest BCUT2D eigenvalue weighted by atomic mass is 16.5. The summed E-state index contributed by atoms with van der Waals surface area (Å²) in [7, 11) is 1.95. The summed E-state index contributed by atoms with van der Waals surface area (Å²) in [6.07, 6.45) is 4.07. The molecule has 1 atom stereocenters. The van der Waals surface area contributed by atoms with Crippen LogP contribution in [0.3, 0.4) is 0 Å². The fraction of sp³-hybridized carbons (Fsp3) is 0.556. The van der Waals surface area contributed by atoms with Crippen LogP contribution in [0.4, 0.5) is 5.69 Å². The van der Waals surface area contributed by atoms with Gasteiger partial charge in [0.2, 0.25) is 0 Å². The zero-order valence-electron chi connectivity index (χ0n) is 14.3. The SMILES string of the molecule is Cn1ncnc1C1COCCN1CCN1CCCc2ccccc21. The lowest BCUT2D eigenvalue weighted by atomic mass is 10.0. The molecule has 6 nitrogen and oxygen atoms in total. The Hall–Kier alpha value is -1.92. The summed E-state index contributed by atoms with van der Waals surface area (Å²) < 4.78 is 7.57. The van der Waals surface area contributed by atoms with E-state index in [0.717, 1.165) is 38.6 Å². The fourth-order valence-corrected chi connectivity index (χ4v) is 3.84. The van der Waals surface area contributed by atoms with Gasteiger partial charge in [-0.3, -0.25) is 9.58 Å². The van der Waals surface area contributed by atoms with Crippen LogP contribution in [-0.2, 0) is 18.2 Å². The number of fused-ring (bicyclic) bond motifs is 1. The first-order valence-electron chi connectivity index (χ1n) is 8.81. The molecule has 6 heteroatoms. The van der Waals surface area contributed by atoms with Gasteiger partial charge in [0, 0.05) is 38.9 Å². The lowest BCUT2D eigenvalue weighted by Crippen LogP contribution is -2.45. The first-order chi connectivity index (χ1) is 11.8. The molecule has 1 aromatic carbocycles. The van der Waals surface area contributed by atoms with Gasteiger partial charge in [0.25, 0.3) is 0 Å². The van der Waals surface area contributed by atoms with Crippen molar-refractivity contribution in [3.63, 3.8) is 0 Å². The number of anilines is 1. The Morgan fingerprint density at radius 1 is 1.21 bits per heavy atom. The molecule has 0 N–H and O–H groups in total. The quantitative estimate of drug-likeness (QED) is 0.854. The minimum atomic E-state index is 0.200. The zero-order chi connectivity index (χ0) is 16.4. The number of hydrogen-bond donors (Lipinski definition) is 0. The lowest BCUT2D eigenvalue weighted by molar-refractivity contribution is -0.0115. The number of morpholine rings is 1.